The van der Waals surface area contributed by atoms with Crippen LogP contribution in [0.5, 0.6) is 0 Å². The highest BCUT2D eigenvalue weighted by Crippen LogP contribution is 2.29. The number of hydrogen-bond acceptors (Lipinski definition) is 2. The molecule has 0 saturated heterocycles. The van der Waals surface area contributed by atoms with Gasteiger partial charge < -0.3 is 10.6 Å². The summed E-state index contributed by atoms with van der Waals surface area (Å²) in [6.07, 6.45) is 4.38. The maximum absolute atomic E-state index is 11.5. The van der Waals surface area contributed by atoms with E-state index in [2.05, 4.69) is 71.3 Å². The molecule has 0 aliphatic carbocycles. The Morgan fingerprint density at radius 1 is 0.429 bits per heavy atom. The Bertz CT molecular complexity index is 1590. The first-order valence-corrected chi connectivity index (χ1v) is 13.8. The number of carbonyl (C=O) groups is 2. The summed E-state index contributed by atoms with van der Waals surface area (Å²) < 4.78 is 0. The van der Waals surface area contributed by atoms with Crippen molar-refractivity contribution in [2.75, 3.05) is 10.6 Å². The van der Waals surface area contributed by atoms with E-state index in [4.69, 9.17) is 0 Å². The Hall–Kier alpha value is -5.48. The van der Waals surface area contributed by atoms with Crippen LogP contribution in [-0.2, 0) is 9.59 Å². The maximum Gasteiger partial charge on any atom is 0.221 e. The van der Waals surface area contributed by atoms with Crippen LogP contribution in [-0.4, -0.2) is 11.8 Å². The van der Waals surface area contributed by atoms with Crippen molar-refractivity contribution in [3.8, 4) is 0 Å². The van der Waals surface area contributed by atoms with Crippen molar-refractivity contribution in [2.45, 2.75) is 13.8 Å². The van der Waals surface area contributed by atoms with Gasteiger partial charge in [0.1, 0.15) is 0 Å². The SMILES string of the molecule is CC(=O)Nc1ccc(C(=Cc2ccc(C=C(c3ccccc3)c3ccc(NC(C)=O)cc3)cc2)c2ccccc2)cc1. The van der Waals surface area contributed by atoms with Crippen molar-refractivity contribution in [3.05, 3.63) is 167 Å². The average Bonchev–Trinajstić information content (AvgIpc) is 3.01. The second-order valence-electron chi connectivity index (χ2n) is 10.0. The summed E-state index contributed by atoms with van der Waals surface area (Å²) in [5.74, 6) is -0.179. The fraction of sp³-hybridized carbons (Fsp3) is 0.0526. The molecule has 5 aromatic carbocycles. The Balaban J connectivity index is 1.48. The molecular weight excluding hydrogens is 516 g/mol. The average molecular weight is 549 g/mol. The Kier molecular flexibility index (Phi) is 8.85. The molecule has 0 aliphatic rings. The normalized spacial score (nSPS) is 11.6. The van der Waals surface area contributed by atoms with E-state index in [-0.39, 0.29) is 11.8 Å². The van der Waals surface area contributed by atoms with Crippen molar-refractivity contribution in [3.63, 3.8) is 0 Å². The molecule has 5 rings (SSSR count). The van der Waals surface area contributed by atoms with Crippen molar-refractivity contribution in [2.24, 2.45) is 0 Å². The van der Waals surface area contributed by atoms with Crippen LogP contribution in [0, 0.1) is 0 Å². The van der Waals surface area contributed by atoms with Crippen molar-refractivity contribution in [1.29, 1.82) is 0 Å². The van der Waals surface area contributed by atoms with Crippen LogP contribution in [0.2, 0.25) is 0 Å². The molecule has 0 saturated carbocycles. The van der Waals surface area contributed by atoms with Gasteiger partial charge in [0.2, 0.25) is 11.8 Å². The molecule has 0 unspecified atom stereocenters. The van der Waals surface area contributed by atoms with E-state index in [9.17, 15) is 9.59 Å². The zero-order chi connectivity index (χ0) is 29.3. The minimum atomic E-state index is -0.0897. The molecule has 206 valence electrons. The third-order valence-electron chi connectivity index (χ3n) is 6.76. The Labute approximate surface area is 247 Å². The van der Waals surface area contributed by atoms with Gasteiger partial charge in [-0.2, -0.15) is 0 Å². The van der Waals surface area contributed by atoms with Crippen molar-refractivity contribution < 1.29 is 9.59 Å². The number of hydrogen-bond donors (Lipinski definition) is 2. The summed E-state index contributed by atoms with van der Waals surface area (Å²) in [6.45, 7) is 3.02. The van der Waals surface area contributed by atoms with Gasteiger partial charge in [0, 0.05) is 25.2 Å². The lowest BCUT2D eigenvalue weighted by molar-refractivity contribution is -0.115. The molecule has 0 aromatic heterocycles. The summed E-state index contributed by atoms with van der Waals surface area (Å²) >= 11 is 0. The topological polar surface area (TPSA) is 58.2 Å². The summed E-state index contributed by atoms with van der Waals surface area (Å²) in [7, 11) is 0. The predicted octanol–water partition coefficient (Wildman–Crippen LogP) is 8.78. The van der Waals surface area contributed by atoms with Gasteiger partial charge in [-0.1, -0.05) is 109 Å². The van der Waals surface area contributed by atoms with Crippen molar-refractivity contribution in [1.82, 2.24) is 0 Å². The molecule has 2 N–H and O–H groups in total. The van der Waals surface area contributed by atoms with Gasteiger partial charge in [-0.25, -0.2) is 0 Å². The second kappa shape index (κ2) is 13.2. The third kappa shape index (κ3) is 7.38. The lowest BCUT2D eigenvalue weighted by Gasteiger charge is -2.12. The highest BCUT2D eigenvalue weighted by Gasteiger charge is 2.08. The van der Waals surface area contributed by atoms with Crippen LogP contribution < -0.4 is 10.6 Å². The highest BCUT2D eigenvalue weighted by atomic mass is 16.2. The van der Waals surface area contributed by atoms with E-state index in [0.29, 0.717) is 0 Å². The molecule has 4 nitrogen and oxygen atoms in total. The summed E-state index contributed by atoms with van der Waals surface area (Å²) in [6, 6.07) is 44.9. The van der Waals surface area contributed by atoms with Crippen LogP contribution in [0.1, 0.15) is 47.2 Å². The van der Waals surface area contributed by atoms with Crippen LogP contribution in [0.15, 0.2) is 133 Å². The summed E-state index contributed by atoms with van der Waals surface area (Å²) in [5.41, 5.74) is 10.3. The molecule has 0 heterocycles. The monoisotopic (exact) mass is 548 g/mol. The number of carbonyl (C=O) groups excluding carboxylic acids is 2. The largest absolute Gasteiger partial charge is 0.326 e. The first-order valence-electron chi connectivity index (χ1n) is 13.8. The highest BCUT2D eigenvalue weighted by molar-refractivity contribution is 5.95. The van der Waals surface area contributed by atoms with E-state index in [1.165, 1.54) is 13.8 Å². The summed E-state index contributed by atoms with van der Waals surface area (Å²) in [5, 5.41) is 5.67. The number of benzene rings is 5. The first kappa shape index (κ1) is 28.1. The van der Waals surface area contributed by atoms with Gasteiger partial charge in [-0.05, 0) is 80.9 Å². The van der Waals surface area contributed by atoms with Crippen molar-refractivity contribution >= 4 is 46.5 Å². The van der Waals surface area contributed by atoms with E-state index >= 15 is 0 Å². The maximum atomic E-state index is 11.5. The van der Waals surface area contributed by atoms with E-state index in [0.717, 1.165) is 55.9 Å². The fourth-order valence-electron chi connectivity index (χ4n) is 4.80. The number of anilines is 2. The number of nitrogens with one attached hydrogen (secondary N) is 2. The van der Waals surface area contributed by atoms with Gasteiger partial charge in [0.05, 0.1) is 0 Å². The van der Waals surface area contributed by atoms with E-state index < -0.39 is 0 Å². The minimum absolute atomic E-state index is 0.0897. The van der Waals surface area contributed by atoms with Crippen LogP contribution >= 0.6 is 0 Å². The van der Waals surface area contributed by atoms with E-state index in [1.54, 1.807) is 0 Å². The number of rotatable bonds is 8. The molecule has 0 fully saturated rings. The second-order valence-corrected chi connectivity index (χ2v) is 10.0. The zero-order valence-corrected chi connectivity index (χ0v) is 23.7. The molecule has 2 amide bonds. The third-order valence-corrected chi connectivity index (χ3v) is 6.76. The Morgan fingerprint density at radius 2 is 0.738 bits per heavy atom. The molecule has 0 atom stereocenters. The Morgan fingerprint density at radius 3 is 1.05 bits per heavy atom. The molecule has 0 radical (unpaired) electrons. The van der Waals surface area contributed by atoms with Gasteiger partial charge in [0.25, 0.3) is 0 Å². The molecule has 5 aromatic rings. The predicted molar refractivity (Wildman–Crippen MR) is 175 cm³/mol. The fourth-order valence-corrected chi connectivity index (χ4v) is 4.80. The molecule has 4 heteroatoms. The lowest BCUT2D eigenvalue weighted by Crippen LogP contribution is -2.05. The molecule has 0 bridgehead atoms. The van der Waals surface area contributed by atoms with Crippen LogP contribution in [0.4, 0.5) is 11.4 Å². The lowest BCUT2D eigenvalue weighted by atomic mass is 9.94. The molecular formula is C38H32N2O2. The number of amides is 2. The first-order chi connectivity index (χ1) is 20.4. The molecule has 0 spiro atoms. The quantitative estimate of drug-likeness (QED) is 0.190. The standard InChI is InChI=1S/C38H32N2O2/c1-27(41)39-35-21-17-33(18-22-35)37(31-9-5-3-6-10-31)25-29-13-15-30(16-14-29)26-38(32-11-7-4-8-12-32)34-19-23-36(24-20-34)40-28(2)42/h3-26H,1-2H3,(H,39,41)(H,40,42). The zero-order valence-electron chi connectivity index (χ0n) is 23.7. The minimum Gasteiger partial charge on any atom is -0.326 e. The van der Waals surface area contributed by atoms with Crippen LogP contribution in [0.25, 0.3) is 23.3 Å². The molecule has 0 aliphatic heterocycles. The van der Waals surface area contributed by atoms with E-state index in [1.807, 2.05) is 84.9 Å². The molecule has 42 heavy (non-hydrogen) atoms. The van der Waals surface area contributed by atoms with Gasteiger partial charge in [-0.15, -0.1) is 0 Å². The smallest absolute Gasteiger partial charge is 0.221 e. The van der Waals surface area contributed by atoms with Gasteiger partial charge in [-0.3, -0.25) is 9.59 Å². The van der Waals surface area contributed by atoms with Gasteiger partial charge >= 0.3 is 0 Å². The summed E-state index contributed by atoms with van der Waals surface area (Å²) in [4.78, 5) is 22.9. The van der Waals surface area contributed by atoms with Crippen LogP contribution in [0.3, 0.4) is 0 Å². The van der Waals surface area contributed by atoms with Gasteiger partial charge in [0.15, 0.2) is 0 Å².